The number of carboxylic acid groups (broad SMARTS) is 1. The number of carbonyl (C=O) groups excluding carboxylic acids is 1. The topological polar surface area (TPSA) is 75.6 Å². The molecule has 0 radical (unpaired) electrons. The molecular formula is C14H17NO4. The molecule has 1 aromatic carbocycles. The monoisotopic (exact) mass is 263 g/mol. The van der Waals surface area contributed by atoms with E-state index in [9.17, 15) is 9.59 Å². The van der Waals surface area contributed by atoms with Gasteiger partial charge in [-0.25, -0.2) is 4.79 Å². The average molecular weight is 263 g/mol. The molecule has 1 fully saturated rings. The molecule has 1 saturated heterocycles. The molecule has 2 N–H and O–H groups in total. The third kappa shape index (κ3) is 3.12. The summed E-state index contributed by atoms with van der Waals surface area (Å²) in [4.78, 5) is 22.9. The fourth-order valence-corrected chi connectivity index (χ4v) is 2.10. The van der Waals surface area contributed by atoms with Crippen molar-refractivity contribution in [1.29, 1.82) is 0 Å². The van der Waals surface area contributed by atoms with Crippen LogP contribution in [0.5, 0.6) is 0 Å². The Hall–Kier alpha value is -1.88. The van der Waals surface area contributed by atoms with Gasteiger partial charge in [-0.05, 0) is 44.4 Å². The Balaban J connectivity index is 2.12. The summed E-state index contributed by atoms with van der Waals surface area (Å²) >= 11 is 0. The molecule has 1 heterocycles. The van der Waals surface area contributed by atoms with Gasteiger partial charge in [0.15, 0.2) is 0 Å². The van der Waals surface area contributed by atoms with E-state index in [2.05, 4.69) is 5.32 Å². The molecule has 0 aliphatic carbocycles. The molecule has 19 heavy (non-hydrogen) atoms. The summed E-state index contributed by atoms with van der Waals surface area (Å²) in [5.74, 6) is -1.23. The van der Waals surface area contributed by atoms with E-state index in [1.807, 2.05) is 13.8 Å². The highest BCUT2D eigenvalue weighted by Gasteiger charge is 2.28. The smallest absolute Gasteiger partial charge is 0.335 e. The highest BCUT2D eigenvalue weighted by molar-refractivity contribution is 5.97. The van der Waals surface area contributed by atoms with Crippen molar-refractivity contribution < 1.29 is 19.4 Å². The number of ether oxygens (including phenoxy) is 1. The fraction of sp³-hybridized carbons (Fsp3) is 0.429. The molecule has 1 aliphatic rings. The lowest BCUT2D eigenvalue weighted by molar-refractivity contribution is -0.126. The van der Waals surface area contributed by atoms with Crippen LogP contribution in [-0.4, -0.2) is 29.2 Å². The quantitative estimate of drug-likeness (QED) is 0.876. The van der Waals surface area contributed by atoms with Crippen LogP contribution >= 0.6 is 0 Å². The van der Waals surface area contributed by atoms with Crippen LogP contribution < -0.4 is 5.32 Å². The van der Waals surface area contributed by atoms with Crippen LogP contribution in [0.25, 0.3) is 0 Å². The van der Waals surface area contributed by atoms with Crippen LogP contribution in [-0.2, 0) is 9.53 Å². The predicted octanol–water partition coefficient (Wildman–Crippen LogP) is 2.20. The van der Waals surface area contributed by atoms with E-state index in [-0.39, 0.29) is 17.6 Å². The lowest BCUT2D eigenvalue weighted by atomic mass is 10.1. The summed E-state index contributed by atoms with van der Waals surface area (Å²) in [5.41, 5.74) is 1.50. The molecule has 0 aromatic heterocycles. The zero-order valence-electron chi connectivity index (χ0n) is 11.0. The maximum atomic E-state index is 12.0. The third-order valence-electron chi connectivity index (χ3n) is 3.27. The zero-order chi connectivity index (χ0) is 14.0. The van der Waals surface area contributed by atoms with Crippen LogP contribution in [0.1, 0.15) is 35.7 Å². The number of hydrogen-bond donors (Lipinski definition) is 2. The van der Waals surface area contributed by atoms with Crippen LogP contribution in [0, 0.1) is 6.92 Å². The summed E-state index contributed by atoms with van der Waals surface area (Å²) in [7, 11) is 0. The molecule has 1 aromatic rings. The molecular weight excluding hydrogens is 246 g/mol. The lowest BCUT2D eigenvalue weighted by Crippen LogP contribution is -2.28. The molecule has 0 bridgehead atoms. The van der Waals surface area contributed by atoms with Gasteiger partial charge in [-0.3, -0.25) is 4.79 Å². The molecule has 5 nitrogen and oxygen atoms in total. The van der Waals surface area contributed by atoms with Gasteiger partial charge in [0.25, 0.3) is 5.91 Å². The minimum absolute atomic E-state index is 0.0993. The van der Waals surface area contributed by atoms with Gasteiger partial charge in [0, 0.05) is 5.69 Å². The van der Waals surface area contributed by atoms with Gasteiger partial charge in [0.05, 0.1) is 11.7 Å². The molecule has 5 heteroatoms. The van der Waals surface area contributed by atoms with Gasteiger partial charge in [-0.2, -0.15) is 0 Å². The molecule has 2 rings (SSSR count). The summed E-state index contributed by atoms with van der Waals surface area (Å²) in [6, 6.07) is 4.66. The number of nitrogens with one attached hydrogen (secondary N) is 1. The van der Waals surface area contributed by atoms with Crippen LogP contribution in [0.4, 0.5) is 5.69 Å². The van der Waals surface area contributed by atoms with Gasteiger partial charge in [-0.15, -0.1) is 0 Å². The summed E-state index contributed by atoms with van der Waals surface area (Å²) in [6.07, 6.45) is 1.22. The minimum atomic E-state index is -1.01. The van der Waals surface area contributed by atoms with Crippen molar-refractivity contribution in [3.05, 3.63) is 29.3 Å². The summed E-state index contributed by atoms with van der Waals surface area (Å²) in [5, 5.41) is 11.7. The van der Waals surface area contributed by atoms with E-state index in [0.717, 1.165) is 12.0 Å². The van der Waals surface area contributed by atoms with E-state index < -0.39 is 12.1 Å². The maximum absolute atomic E-state index is 12.0. The highest BCUT2D eigenvalue weighted by atomic mass is 16.5. The van der Waals surface area contributed by atoms with Gasteiger partial charge < -0.3 is 15.2 Å². The number of amides is 1. The number of anilines is 1. The second kappa shape index (κ2) is 5.40. The normalized spacial score (nSPS) is 22.2. The number of carbonyl (C=O) groups is 2. The second-order valence-electron chi connectivity index (χ2n) is 4.84. The van der Waals surface area contributed by atoms with E-state index >= 15 is 0 Å². The van der Waals surface area contributed by atoms with Crippen LogP contribution in [0.3, 0.4) is 0 Å². The number of rotatable bonds is 3. The van der Waals surface area contributed by atoms with Gasteiger partial charge in [-0.1, -0.05) is 6.07 Å². The Labute approximate surface area is 111 Å². The third-order valence-corrected chi connectivity index (χ3v) is 3.27. The standard InChI is InChI=1S/C14H17NO4/c1-8-3-5-10(14(17)18)7-11(8)15-13(16)12-6-4-9(2)19-12/h3,5,7,9,12H,4,6H2,1-2H3,(H,15,16)(H,17,18). The Kier molecular flexibility index (Phi) is 3.85. The fourth-order valence-electron chi connectivity index (χ4n) is 2.10. The predicted molar refractivity (Wildman–Crippen MR) is 70.3 cm³/mol. The number of aromatic carboxylic acids is 1. The largest absolute Gasteiger partial charge is 0.478 e. The van der Waals surface area contributed by atoms with E-state index in [1.165, 1.54) is 12.1 Å². The van der Waals surface area contributed by atoms with Crippen molar-refractivity contribution in [2.45, 2.75) is 38.9 Å². The van der Waals surface area contributed by atoms with Gasteiger partial charge in [0.1, 0.15) is 6.10 Å². The SMILES string of the molecule is Cc1ccc(C(=O)O)cc1NC(=O)C1CCC(C)O1. The second-order valence-corrected chi connectivity index (χ2v) is 4.84. The first-order valence-electron chi connectivity index (χ1n) is 6.27. The molecule has 2 atom stereocenters. The molecule has 1 amide bonds. The first-order valence-corrected chi connectivity index (χ1v) is 6.27. The Morgan fingerprint density at radius 3 is 2.68 bits per heavy atom. The molecule has 102 valence electrons. The van der Waals surface area contributed by atoms with Crippen LogP contribution in [0.2, 0.25) is 0 Å². The number of aryl methyl sites for hydroxylation is 1. The zero-order valence-corrected chi connectivity index (χ0v) is 11.0. The molecule has 1 aliphatic heterocycles. The van der Waals surface area contributed by atoms with Crippen molar-refractivity contribution in [2.24, 2.45) is 0 Å². The van der Waals surface area contributed by atoms with Crippen molar-refractivity contribution in [1.82, 2.24) is 0 Å². The first kappa shape index (κ1) is 13.5. The van der Waals surface area contributed by atoms with Crippen molar-refractivity contribution in [3.63, 3.8) is 0 Å². The summed E-state index contributed by atoms with van der Waals surface area (Å²) < 4.78 is 5.48. The van der Waals surface area contributed by atoms with Gasteiger partial charge in [0.2, 0.25) is 0 Å². The van der Waals surface area contributed by atoms with Crippen molar-refractivity contribution >= 4 is 17.6 Å². The van der Waals surface area contributed by atoms with E-state index in [0.29, 0.717) is 12.1 Å². The lowest BCUT2D eigenvalue weighted by Gasteiger charge is -2.13. The first-order chi connectivity index (χ1) is 8.97. The Bertz CT molecular complexity index is 512. The van der Waals surface area contributed by atoms with E-state index in [1.54, 1.807) is 6.07 Å². The Morgan fingerprint density at radius 1 is 1.37 bits per heavy atom. The van der Waals surface area contributed by atoms with Crippen molar-refractivity contribution in [2.75, 3.05) is 5.32 Å². The van der Waals surface area contributed by atoms with Crippen LogP contribution in [0.15, 0.2) is 18.2 Å². The molecule has 0 saturated carbocycles. The number of hydrogen-bond acceptors (Lipinski definition) is 3. The highest BCUT2D eigenvalue weighted by Crippen LogP contribution is 2.22. The van der Waals surface area contributed by atoms with Gasteiger partial charge >= 0.3 is 5.97 Å². The summed E-state index contributed by atoms with van der Waals surface area (Å²) in [6.45, 7) is 3.75. The van der Waals surface area contributed by atoms with Crippen molar-refractivity contribution in [3.8, 4) is 0 Å². The maximum Gasteiger partial charge on any atom is 0.335 e. The molecule has 2 unspecified atom stereocenters. The number of benzene rings is 1. The molecule has 0 spiro atoms. The van der Waals surface area contributed by atoms with E-state index in [4.69, 9.17) is 9.84 Å². The average Bonchev–Trinajstić information content (AvgIpc) is 2.78. The minimum Gasteiger partial charge on any atom is -0.478 e. The Morgan fingerprint density at radius 2 is 2.11 bits per heavy atom. The number of carboxylic acids is 1.